The molecule has 0 unspecified atom stereocenters. The van der Waals surface area contributed by atoms with Crippen molar-refractivity contribution < 1.29 is 0 Å². The standard InChI is InChI=1S/C12H14Br2N4/c1-2-5-18-11(7-15)16-17-12(18)9-6-8(13)3-4-10(9)14/h3-4,6H,2,5,7,15H2,1H3. The number of rotatable bonds is 4. The molecule has 0 aliphatic carbocycles. The van der Waals surface area contributed by atoms with Gasteiger partial charge in [-0.05, 0) is 24.6 Å². The molecule has 2 rings (SSSR count). The van der Waals surface area contributed by atoms with Gasteiger partial charge in [0.1, 0.15) is 5.82 Å². The second kappa shape index (κ2) is 5.95. The highest BCUT2D eigenvalue weighted by Crippen LogP contribution is 2.30. The lowest BCUT2D eigenvalue weighted by atomic mass is 10.2. The first kappa shape index (κ1) is 13.7. The van der Waals surface area contributed by atoms with Crippen molar-refractivity contribution in [2.45, 2.75) is 26.4 Å². The molecule has 2 aromatic rings. The Morgan fingerprint density at radius 3 is 2.72 bits per heavy atom. The van der Waals surface area contributed by atoms with E-state index < -0.39 is 0 Å². The number of nitrogens with two attached hydrogens (primary N) is 1. The van der Waals surface area contributed by atoms with Gasteiger partial charge in [-0.15, -0.1) is 10.2 Å². The van der Waals surface area contributed by atoms with Gasteiger partial charge in [-0.1, -0.05) is 38.8 Å². The molecule has 1 aromatic heterocycles. The predicted molar refractivity (Wildman–Crippen MR) is 79.0 cm³/mol. The van der Waals surface area contributed by atoms with Gasteiger partial charge < -0.3 is 10.3 Å². The summed E-state index contributed by atoms with van der Waals surface area (Å²) in [5, 5.41) is 8.41. The van der Waals surface area contributed by atoms with E-state index in [0.717, 1.165) is 39.1 Å². The third-order valence-corrected chi connectivity index (χ3v) is 3.81. The maximum absolute atomic E-state index is 5.70. The van der Waals surface area contributed by atoms with Gasteiger partial charge in [-0.2, -0.15) is 0 Å². The van der Waals surface area contributed by atoms with E-state index in [4.69, 9.17) is 5.73 Å². The van der Waals surface area contributed by atoms with Gasteiger partial charge in [-0.25, -0.2) is 0 Å². The molecule has 6 heteroatoms. The van der Waals surface area contributed by atoms with Crippen LogP contribution in [0, 0.1) is 0 Å². The van der Waals surface area contributed by atoms with E-state index in [9.17, 15) is 0 Å². The molecule has 0 fully saturated rings. The van der Waals surface area contributed by atoms with Crippen molar-refractivity contribution in [3.05, 3.63) is 33.0 Å². The highest BCUT2D eigenvalue weighted by molar-refractivity contribution is 9.11. The van der Waals surface area contributed by atoms with Gasteiger partial charge in [0.05, 0.1) is 6.54 Å². The average Bonchev–Trinajstić information content (AvgIpc) is 2.76. The summed E-state index contributed by atoms with van der Waals surface area (Å²) < 4.78 is 4.09. The van der Waals surface area contributed by atoms with Crippen LogP contribution in [0.2, 0.25) is 0 Å². The minimum absolute atomic E-state index is 0.401. The molecule has 0 spiro atoms. The Bertz CT molecular complexity index is 551. The van der Waals surface area contributed by atoms with Crippen LogP contribution >= 0.6 is 31.9 Å². The maximum Gasteiger partial charge on any atom is 0.165 e. The minimum Gasteiger partial charge on any atom is -0.324 e. The zero-order valence-corrected chi connectivity index (χ0v) is 13.2. The summed E-state index contributed by atoms with van der Waals surface area (Å²) >= 11 is 7.03. The smallest absolute Gasteiger partial charge is 0.165 e. The molecule has 0 bridgehead atoms. The van der Waals surface area contributed by atoms with Gasteiger partial charge in [0.2, 0.25) is 0 Å². The van der Waals surface area contributed by atoms with Crippen molar-refractivity contribution in [2.75, 3.05) is 0 Å². The Hall–Kier alpha value is -0.720. The molecular weight excluding hydrogens is 360 g/mol. The second-order valence-electron chi connectivity index (χ2n) is 3.92. The molecule has 18 heavy (non-hydrogen) atoms. The largest absolute Gasteiger partial charge is 0.324 e. The summed E-state index contributed by atoms with van der Waals surface area (Å²) in [6.45, 7) is 3.40. The van der Waals surface area contributed by atoms with Gasteiger partial charge in [-0.3, -0.25) is 0 Å². The maximum atomic E-state index is 5.70. The third-order valence-electron chi connectivity index (χ3n) is 2.63. The van der Waals surface area contributed by atoms with Crippen LogP contribution in [0.4, 0.5) is 0 Å². The lowest BCUT2D eigenvalue weighted by molar-refractivity contribution is 0.644. The summed E-state index contributed by atoms with van der Waals surface area (Å²) in [5.41, 5.74) is 6.71. The van der Waals surface area contributed by atoms with E-state index in [1.54, 1.807) is 0 Å². The van der Waals surface area contributed by atoms with Crippen LogP contribution < -0.4 is 5.73 Å². The number of hydrogen-bond donors (Lipinski definition) is 1. The molecule has 1 aromatic carbocycles. The fraction of sp³-hybridized carbons (Fsp3) is 0.333. The molecule has 0 saturated carbocycles. The number of hydrogen-bond acceptors (Lipinski definition) is 3. The first-order valence-electron chi connectivity index (χ1n) is 5.75. The van der Waals surface area contributed by atoms with Gasteiger partial charge in [0.25, 0.3) is 0 Å². The topological polar surface area (TPSA) is 56.7 Å². The van der Waals surface area contributed by atoms with Crippen molar-refractivity contribution in [3.63, 3.8) is 0 Å². The Morgan fingerprint density at radius 1 is 1.28 bits per heavy atom. The SMILES string of the molecule is CCCn1c(CN)nnc1-c1cc(Br)ccc1Br. The molecule has 0 saturated heterocycles. The summed E-state index contributed by atoms with van der Waals surface area (Å²) in [6.07, 6.45) is 1.02. The fourth-order valence-electron chi connectivity index (χ4n) is 1.81. The molecule has 4 nitrogen and oxygen atoms in total. The van der Waals surface area contributed by atoms with Crippen molar-refractivity contribution in [1.82, 2.24) is 14.8 Å². The Labute approximate surface area is 123 Å². The highest BCUT2D eigenvalue weighted by atomic mass is 79.9. The molecule has 1 heterocycles. The van der Waals surface area contributed by atoms with E-state index in [0.29, 0.717) is 6.54 Å². The van der Waals surface area contributed by atoms with Crippen LogP contribution in [0.25, 0.3) is 11.4 Å². The number of benzene rings is 1. The van der Waals surface area contributed by atoms with E-state index in [1.165, 1.54) is 0 Å². The molecule has 96 valence electrons. The van der Waals surface area contributed by atoms with Crippen LogP contribution in [-0.2, 0) is 13.1 Å². The first-order valence-corrected chi connectivity index (χ1v) is 7.33. The summed E-state index contributed by atoms with van der Waals surface area (Å²) in [6, 6.07) is 6.00. The van der Waals surface area contributed by atoms with Crippen molar-refractivity contribution in [2.24, 2.45) is 5.73 Å². The van der Waals surface area contributed by atoms with Gasteiger partial charge >= 0.3 is 0 Å². The molecule has 0 atom stereocenters. The Kier molecular flexibility index (Phi) is 4.53. The van der Waals surface area contributed by atoms with Crippen LogP contribution in [-0.4, -0.2) is 14.8 Å². The fourth-order valence-corrected chi connectivity index (χ4v) is 2.60. The predicted octanol–water partition coefficient (Wildman–Crippen LogP) is 3.34. The van der Waals surface area contributed by atoms with Crippen molar-refractivity contribution in [3.8, 4) is 11.4 Å². The summed E-state index contributed by atoms with van der Waals surface area (Å²) in [7, 11) is 0. The summed E-state index contributed by atoms with van der Waals surface area (Å²) in [4.78, 5) is 0. The molecular formula is C12H14Br2N4. The van der Waals surface area contributed by atoms with Crippen molar-refractivity contribution in [1.29, 1.82) is 0 Å². The zero-order valence-electron chi connectivity index (χ0n) is 10.0. The van der Waals surface area contributed by atoms with E-state index in [1.807, 2.05) is 18.2 Å². The van der Waals surface area contributed by atoms with Crippen LogP contribution in [0.5, 0.6) is 0 Å². The first-order chi connectivity index (χ1) is 8.67. The molecule has 0 radical (unpaired) electrons. The van der Waals surface area contributed by atoms with Crippen LogP contribution in [0.1, 0.15) is 19.2 Å². The van der Waals surface area contributed by atoms with Gasteiger partial charge in [0, 0.05) is 21.1 Å². The molecule has 0 aliphatic heterocycles. The molecule has 2 N–H and O–H groups in total. The monoisotopic (exact) mass is 372 g/mol. The zero-order chi connectivity index (χ0) is 13.1. The Morgan fingerprint density at radius 2 is 2.06 bits per heavy atom. The quantitative estimate of drug-likeness (QED) is 0.894. The Balaban J connectivity index is 2.56. The number of halogens is 2. The lowest BCUT2D eigenvalue weighted by Crippen LogP contribution is -2.09. The van der Waals surface area contributed by atoms with E-state index in [-0.39, 0.29) is 0 Å². The second-order valence-corrected chi connectivity index (χ2v) is 5.69. The van der Waals surface area contributed by atoms with E-state index >= 15 is 0 Å². The third kappa shape index (κ3) is 2.65. The highest BCUT2D eigenvalue weighted by Gasteiger charge is 2.14. The summed E-state index contributed by atoms with van der Waals surface area (Å²) in [5.74, 6) is 1.67. The van der Waals surface area contributed by atoms with Crippen LogP contribution in [0.3, 0.4) is 0 Å². The lowest BCUT2D eigenvalue weighted by Gasteiger charge is -2.09. The average molecular weight is 374 g/mol. The van der Waals surface area contributed by atoms with E-state index in [2.05, 4.69) is 53.5 Å². The van der Waals surface area contributed by atoms with Gasteiger partial charge in [0.15, 0.2) is 5.82 Å². The number of nitrogens with zero attached hydrogens (tertiary/aromatic N) is 3. The normalized spacial score (nSPS) is 10.9. The molecule has 0 amide bonds. The van der Waals surface area contributed by atoms with Crippen molar-refractivity contribution >= 4 is 31.9 Å². The molecule has 0 aliphatic rings. The van der Waals surface area contributed by atoms with Crippen LogP contribution in [0.15, 0.2) is 27.1 Å². The minimum atomic E-state index is 0.401. The number of aromatic nitrogens is 3.